The number of aromatic nitrogens is 1. The number of halogens is 4. The molecule has 0 fully saturated rings. The van der Waals surface area contributed by atoms with Crippen LogP contribution < -0.4 is 5.73 Å². The quantitative estimate of drug-likeness (QED) is 0.500. The van der Waals surface area contributed by atoms with E-state index in [1.165, 1.54) is 25.1 Å². The molecule has 1 aromatic heterocycles. The van der Waals surface area contributed by atoms with E-state index >= 15 is 0 Å². The number of aryl methyl sites for hydroxylation is 1. The Morgan fingerprint density at radius 3 is 2.24 bits per heavy atom. The molecule has 3 rings (SSSR count). The van der Waals surface area contributed by atoms with Gasteiger partial charge in [-0.05, 0) is 60.5 Å². The van der Waals surface area contributed by atoms with Gasteiger partial charge in [-0.2, -0.15) is 0 Å². The van der Waals surface area contributed by atoms with Crippen LogP contribution in [0.3, 0.4) is 0 Å². The van der Waals surface area contributed by atoms with Gasteiger partial charge in [-0.3, -0.25) is 14.0 Å². The molecule has 4 nitrogen and oxygen atoms in total. The van der Waals surface area contributed by atoms with Crippen LogP contribution in [0.2, 0.25) is 0 Å². The van der Waals surface area contributed by atoms with Crippen LogP contribution in [0, 0.1) is 30.2 Å². The lowest BCUT2D eigenvalue weighted by atomic mass is 10.00. The highest BCUT2D eigenvalue weighted by molar-refractivity contribution is 7.85. The average Bonchev–Trinajstić information content (AvgIpc) is 2.68. The number of rotatable bonds is 5. The molecule has 1 amide bonds. The fraction of sp³-hybridized carbons (Fsp3) is 0.100. The number of nitrogens with two attached hydrogens (primary N) is 1. The largest absolute Gasteiger partial charge is 0.364 e. The monoisotopic (exact) mass is 422 g/mol. The van der Waals surface area contributed by atoms with Crippen molar-refractivity contribution in [2.75, 3.05) is 0 Å². The van der Waals surface area contributed by atoms with E-state index in [9.17, 15) is 26.6 Å². The number of carbonyl (C=O) groups excluding carboxylic acids is 1. The molecule has 0 radical (unpaired) electrons. The van der Waals surface area contributed by atoms with Crippen LogP contribution in [0.25, 0.3) is 0 Å². The Balaban J connectivity index is 2.26. The number of hydrogen-bond acceptors (Lipinski definition) is 3. The first-order valence-electron chi connectivity index (χ1n) is 8.26. The fourth-order valence-corrected chi connectivity index (χ4v) is 4.43. The third-order valence-electron chi connectivity index (χ3n) is 4.29. The molecule has 9 heteroatoms. The molecule has 0 saturated heterocycles. The molecule has 0 aliphatic heterocycles. The van der Waals surface area contributed by atoms with Crippen molar-refractivity contribution in [1.82, 2.24) is 4.98 Å². The number of amides is 1. The number of primary amides is 1. The van der Waals surface area contributed by atoms with Crippen LogP contribution in [0.4, 0.5) is 17.6 Å². The van der Waals surface area contributed by atoms with Crippen molar-refractivity contribution in [2.24, 2.45) is 5.73 Å². The lowest BCUT2D eigenvalue weighted by Crippen LogP contribution is -2.18. The Bertz CT molecular complexity index is 1120. The van der Waals surface area contributed by atoms with Gasteiger partial charge in [0, 0.05) is 16.7 Å². The van der Waals surface area contributed by atoms with Crippen LogP contribution in [0.5, 0.6) is 0 Å². The summed E-state index contributed by atoms with van der Waals surface area (Å²) in [4.78, 5) is 15.3. The van der Waals surface area contributed by atoms with Gasteiger partial charge in [-0.25, -0.2) is 17.6 Å². The summed E-state index contributed by atoms with van der Waals surface area (Å²) in [7, 11) is -2.16. The van der Waals surface area contributed by atoms with Gasteiger partial charge in [0.1, 0.15) is 17.3 Å². The Hall–Kier alpha value is -3.07. The highest BCUT2D eigenvalue weighted by Crippen LogP contribution is 2.37. The van der Waals surface area contributed by atoms with Gasteiger partial charge in [-0.15, -0.1) is 0 Å². The fourth-order valence-electron chi connectivity index (χ4n) is 2.84. The number of benzene rings is 2. The van der Waals surface area contributed by atoms with Crippen LogP contribution in [-0.4, -0.2) is 15.1 Å². The number of carbonyl (C=O) groups is 1. The highest BCUT2D eigenvalue weighted by atomic mass is 32.2. The van der Waals surface area contributed by atoms with Crippen LogP contribution in [0.15, 0.2) is 53.6 Å². The zero-order valence-corrected chi connectivity index (χ0v) is 15.8. The Kier molecular flexibility index (Phi) is 5.78. The molecule has 2 atom stereocenters. The standard InChI is InChI=1S/C20H14F4N2O2S/c1-10-8-16(20(25)27)26-9-13(10)19(17-14(22)6-7-15(23)18(17)24)29(28)12-4-2-11(21)3-5-12/h2-9,19H,1H3,(H2,25,27). The minimum absolute atomic E-state index is 0.0674. The average molecular weight is 422 g/mol. The van der Waals surface area contributed by atoms with E-state index in [1.54, 1.807) is 0 Å². The first-order valence-corrected chi connectivity index (χ1v) is 9.48. The van der Waals surface area contributed by atoms with Gasteiger partial charge < -0.3 is 5.73 Å². The maximum atomic E-state index is 14.6. The Morgan fingerprint density at radius 1 is 1.03 bits per heavy atom. The van der Waals surface area contributed by atoms with Crippen LogP contribution >= 0.6 is 0 Å². The third-order valence-corrected chi connectivity index (χ3v) is 5.94. The van der Waals surface area contributed by atoms with E-state index in [2.05, 4.69) is 4.98 Å². The summed E-state index contributed by atoms with van der Waals surface area (Å²) in [5, 5.41) is -1.51. The maximum Gasteiger partial charge on any atom is 0.267 e. The summed E-state index contributed by atoms with van der Waals surface area (Å²) in [5.74, 6) is -5.33. The normalized spacial score (nSPS) is 13.1. The maximum absolute atomic E-state index is 14.6. The molecule has 2 aromatic carbocycles. The van der Waals surface area contributed by atoms with E-state index < -0.39 is 50.8 Å². The number of nitrogens with zero attached hydrogens (tertiary/aromatic N) is 1. The molecule has 2 N–H and O–H groups in total. The molecule has 29 heavy (non-hydrogen) atoms. The van der Waals surface area contributed by atoms with Gasteiger partial charge in [-0.1, -0.05) is 0 Å². The van der Waals surface area contributed by atoms with E-state index in [0.29, 0.717) is 11.6 Å². The minimum Gasteiger partial charge on any atom is -0.364 e. The smallest absolute Gasteiger partial charge is 0.267 e. The Morgan fingerprint density at radius 2 is 1.66 bits per heavy atom. The second-order valence-electron chi connectivity index (χ2n) is 6.18. The van der Waals surface area contributed by atoms with Crippen molar-refractivity contribution in [1.29, 1.82) is 0 Å². The van der Waals surface area contributed by atoms with E-state index in [4.69, 9.17) is 5.73 Å². The van der Waals surface area contributed by atoms with Crippen molar-refractivity contribution in [3.63, 3.8) is 0 Å². The molecule has 1 heterocycles. The summed E-state index contributed by atoms with van der Waals surface area (Å²) in [6, 6.07) is 7.12. The summed E-state index contributed by atoms with van der Waals surface area (Å²) >= 11 is 0. The zero-order valence-electron chi connectivity index (χ0n) is 15.0. The molecule has 0 aliphatic carbocycles. The van der Waals surface area contributed by atoms with Crippen molar-refractivity contribution in [2.45, 2.75) is 17.1 Å². The van der Waals surface area contributed by atoms with E-state index in [1.807, 2.05) is 0 Å². The predicted molar refractivity (Wildman–Crippen MR) is 98.5 cm³/mol. The predicted octanol–water partition coefficient (Wildman–Crippen LogP) is 3.94. The molecule has 0 saturated carbocycles. The lowest BCUT2D eigenvalue weighted by Gasteiger charge is -2.21. The summed E-state index contributed by atoms with van der Waals surface area (Å²) in [6.07, 6.45) is 1.12. The number of pyridine rings is 1. The molecule has 0 aliphatic rings. The van der Waals surface area contributed by atoms with Gasteiger partial charge in [0.25, 0.3) is 5.91 Å². The molecular formula is C20H14F4N2O2S. The van der Waals surface area contributed by atoms with E-state index in [0.717, 1.165) is 24.4 Å². The van der Waals surface area contributed by atoms with Crippen molar-refractivity contribution < 1.29 is 26.6 Å². The molecule has 3 aromatic rings. The molecular weight excluding hydrogens is 408 g/mol. The summed E-state index contributed by atoms with van der Waals surface area (Å²) < 4.78 is 69.5. The van der Waals surface area contributed by atoms with Crippen molar-refractivity contribution >= 4 is 16.7 Å². The summed E-state index contributed by atoms with van der Waals surface area (Å²) in [6.45, 7) is 1.51. The summed E-state index contributed by atoms with van der Waals surface area (Å²) in [5.41, 5.74) is 4.74. The first-order chi connectivity index (χ1) is 13.7. The molecule has 150 valence electrons. The zero-order chi connectivity index (χ0) is 21.3. The topological polar surface area (TPSA) is 73.1 Å². The van der Waals surface area contributed by atoms with Gasteiger partial charge in [0.2, 0.25) is 0 Å². The van der Waals surface area contributed by atoms with Crippen molar-refractivity contribution in [3.05, 3.63) is 94.3 Å². The molecule has 0 spiro atoms. The van der Waals surface area contributed by atoms with Gasteiger partial charge >= 0.3 is 0 Å². The minimum atomic E-state index is -2.16. The molecule has 2 unspecified atom stereocenters. The first kappa shape index (κ1) is 20.7. The third kappa shape index (κ3) is 4.04. The second kappa shape index (κ2) is 8.12. The van der Waals surface area contributed by atoms with E-state index in [-0.39, 0.29) is 16.2 Å². The molecule has 0 bridgehead atoms. The Labute approximate surface area is 165 Å². The van der Waals surface area contributed by atoms with Crippen molar-refractivity contribution in [3.8, 4) is 0 Å². The number of hydrogen-bond donors (Lipinski definition) is 1. The lowest BCUT2D eigenvalue weighted by molar-refractivity contribution is 0.0995. The highest BCUT2D eigenvalue weighted by Gasteiger charge is 2.32. The SMILES string of the molecule is Cc1cc(C(N)=O)ncc1C(c1c(F)ccc(F)c1F)S(=O)c1ccc(F)cc1. The van der Waals surface area contributed by atoms with Gasteiger partial charge in [0.15, 0.2) is 11.6 Å². The van der Waals surface area contributed by atoms with Gasteiger partial charge in [0.05, 0.1) is 16.0 Å². The van der Waals surface area contributed by atoms with Crippen LogP contribution in [0.1, 0.15) is 32.4 Å². The van der Waals surface area contributed by atoms with Crippen LogP contribution in [-0.2, 0) is 10.8 Å². The second-order valence-corrected chi connectivity index (χ2v) is 7.72.